The number of hydrogen-bond donors (Lipinski definition) is 2. The molecule has 1 rings (SSSR count). The van der Waals surface area contributed by atoms with Gasteiger partial charge in [-0.15, -0.1) is 11.3 Å². The lowest BCUT2D eigenvalue weighted by atomic mass is 10.3. The standard InChI is InChI=1S/C10H18N2OS2/c1-7(2)11-9(4-13)6-15-10-12-8(3)5-14-10/h5,7,9,11,13H,4,6H2,1-3H3. The number of aliphatic hydroxyl groups excluding tert-OH is 1. The van der Waals surface area contributed by atoms with Gasteiger partial charge in [-0.05, 0) is 6.92 Å². The van der Waals surface area contributed by atoms with Gasteiger partial charge in [0, 0.05) is 28.9 Å². The molecule has 0 aromatic carbocycles. The summed E-state index contributed by atoms with van der Waals surface area (Å²) in [6.45, 7) is 6.34. The van der Waals surface area contributed by atoms with Gasteiger partial charge in [0.15, 0.2) is 0 Å². The third kappa shape index (κ3) is 4.97. The van der Waals surface area contributed by atoms with E-state index in [1.807, 2.05) is 12.3 Å². The highest BCUT2D eigenvalue weighted by Crippen LogP contribution is 2.22. The first-order chi connectivity index (χ1) is 7.11. The van der Waals surface area contributed by atoms with Crippen LogP contribution in [0.4, 0.5) is 0 Å². The maximum atomic E-state index is 9.17. The molecule has 5 heteroatoms. The van der Waals surface area contributed by atoms with Crippen LogP contribution in [-0.4, -0.2) is 34.5 Å². The zero-order valence-electron chi connectivity index (χ0n) is 9.36. The largest absolute Gasteiger partial charge is 0.395 e. The van der Waals surface area contributed by atoms with Gasteiger partial charge in [0.05, 0.1) is 6.61 Å². The molecule has 0 radical (unpaired) electrons. The van der Waals surface area contributed by atoms with Crippen LogP contribution in [0.3, 0.4) is 0 Å². The van der Waals surface area contributed by atoms with Gasteiger partial charge in [0.1, 0.15) is 4.34 Å². The number of aryl methyl sites for hydroxylation is 1. The predicted molar refractivity (Wildman–Crippen MR) is 66.7 cm³/mol. The molecular formula is C10H18N2OS2. The van der Waals surface area contributed by atoms with Crippen molar-refractivity contribution in [2.24, 2.45) is 0 Å². The lowest BCUT2D eigenvalue weighted by Gasteiger charge is -2.17. The molecule has 1 aromatic heterocycles. The van der Waals surface area contributed by atoms with E-state index in [4.69, 9.17) is 5.11 Å². The molecule has 1 atom stereocenters. The number of thiazole rings is 1. The van der Waals surface area contributed by atoms with E-state index in [-0.39, 0.29) is 12.6 Å². The van der Waals surface area contributed by atoms with E-state index in [2.05, 4.69) is 24.1 Å². The molecule has 15 heavy (non-hydrogen) atoms. The Kier molecular flexibility index (Phi) is 5.60. The zero-order chi connectivity index (χ0) is 11.3. The van der Waals surface area contributed by atoms with Crippen LogP contribution < -0.4 is 5.32 Å². The maximum Gasteiger partial charge on any atom is 0.150 e. The summed E-state index contributed by atoms with van der Waals surface area (Å²) in [6, 6.07) is 0.556. The first kappa shape index (κ1) is 13.0. The summed E-state index contributed by atoms with van der Waals surface area (Å²) < 4.78 is 1.08. The molecule has 0 amide bonds. The van der Waals surface area contributed by atoms with Crippen LogP contribution in [0.1, 0.15) is 19.5 Å². The minimum atomic E-state index is 0.152. The van der Waals surface area contributed by atoms with Crippen molar-refractivity contribution in [3.63, 3.8) is 0 Å². The quantitative estimate of drug-likeness (QED) is 0.753. The minimum Gasteiger partial charge on any atom is -0.395 e. The summed E-state index contributed by atoms with van der Waals surface area (Å²) in [4.78, 5) is 4.37. The summed E-state index contributed by atoms with van der Waals surface area (Å²) in [5.74, 6) is 0.863. The van der Waals surface area contributed by atoms with Crippen LogP contribution >= 0.6 is 23.1 Å². The third-order valence-electron chi connectivity index (χ3n) is 1.80. The Hall–Kier alpha value is -0.100. The number of aliphatic hydroxyl groups is 1. The van der Waals surface area contributed by atoms with Gasteiger partial charge < -0.3 is 10.4 Å². The number of thioether (sulfide) groups is 1. The predicted octanol–water partition coefficient (Wildman–Crippen LogP) is 1.90. The summed E-state index contributed by atoms with van der Waals surface area (Å²) in [5, 5.41) is 14.5. The Bertz CT molecular complexity index is 289. The molecule has 0 aliphatic heterocycles. The highest BCUT2D eigenvalue weighted by Gasteiger charge is 2.10. The average Bonchev–Trinajstić information content (AvgIpc) is 2.58. The van der Waals surface area contributed by atoms with Gasteiger partial charge in [-0.25, -0.2) is 4.98 Å². The van der Waals surface area contributed by atoms with Crippen LogP contribution in [0, 0.1) is 6.92 Å². The fraction of sp³-hybridized carbons (Fsp3) is 0.700. The number of hydrogen-bond acceptors (Lipinski definition) is 5. The monoisotopic (exact) mass is 246 g/mol. The van der Waals surface area contributed by atoms with E-state index in [9.17, 15) is 0 Å². The molecule has 0 saturated carbocycles. The van der Waals surface area contributed by atoms with Crippen LogP contribution in [0.25, 0.3) is 0 Å². The van der Waals surface area contributed by atoms with Crippen LogP contribution in [-0.2, 0) is 0 Å². The van der Waals surface area contributed by atoms with Crippen molar-refractivity contribution in [2.75, 3.05) is 12.4 Å². The Labute approximate surface area is 99.3 Å². The Morgan fingerprint density at radius 1 is 1.60 bits per heavy atom. The van der Waals surface area contributed by atoms with Crippen molar-refractivity contribution in [1.82, 2.24) is 10.3 Å². The fourth-order valence-corrected chi connectivity index (χ4v) is 3.09. The number of nitrogens with one attached hydrogen (secondary N) is 1. The van der Waals surface area contributed by atoms with Gasteiger partial charge in [-0.2, -0.15) is 0 Å². The van der Waals surface area contributed by atoms with E-state index in [1.54, 1.807) is 23.1 Å². The van der Waals surface area contributed by atoms with Crippen molar-refractivity contribution < 1.29 is 5.11 Å². The second-order valence-corrected chi connectivity index (χ2v) is 5.89. The Morgan fingerprint density at radius 3 is 2.80 bits per heavy atom. The van der Waals surface area contributed by atoms with Gasteiger partial charge in [-0.1, -0.05) is 25.6 Å². The van der Waals surface area contributed by atoms with E-state index in [0.29, 0.717) is 6.04 Å². The zero-order valence-corrected chi connectivity index (χ0v) is 11.0. The maximum absolute atomic E-state index is 9.17. The van der Waals surface area contributed by atoms with Gasteiger partial charge >= 0.3 is 0 Å². The molecule has 1 heterocycles. The molecule has 0 aliphatic rings. The average molecular weight is 246 g/mol. The lowest BCUT2D eigenvalue weighted by molar-refractivity contribution is 0.247. The Balaban J connectivity index is 2.34. The number of aromatic nitrogens is 1. The normalized spacial score (nSPS) is 13.4. The molecule has 1 aromatic rings. The van der Waals surface area contributed by atoms with E-state index in [1.165, 1.54) is 0 Å². The van der Waals surface area contributed by atoms with Crippen molar-refractivity contribution in [2.45, 2.75) is 37.2 Å². The highest BCUT2D eigenvalue weighted by atomic mass is 32.2. The molecule has 3 nitrogen and oxygen atoms in total. The van der Waals surface area contributed by atoms with Gasteiger partial charge in [0.2, 0.25) is 0 Å². The summed E-state index contributed by atoms with van der Waals surface area (Å²) in [7, 11) is 0. The molecule has 0 spiro atoms. The molecule has 0 saturated heterocycles. The minimum absolute atomic E-state index is 0.152. The second-order valence-electron chi connectivity index (χ2n) is 3.77. The highest BCUT2D eigenvalue weighted by molar-refractivity contribution is 8.01. The van der Waals surface area contributed by atoms with Gasteiger partial charge in [0.25, 0.3) is 0 Å². The summed E-state index contributed by atoms with van der Waals surface area (Å²) in [6.07, 6.45) is 0. The SMILES string of the molecule is Cc1csc(SCC(CO)NC(C)C)n1. The molecular weight excluding hydrogens is 228 g/mol. The van der Waals surface area contributed by atoms with Crippen molar-refractivity contribution in [3.8, 4) is 0 Å². The molecule has 0 bridgehead atoms. The smallest absolute Gasteiger partial charge is 0.150 e. The molecule has 0 fully saturated rings. The van der Waals surface area contributed by atoms with E-state index >= 15 is 0 Å². The molecule has 1 unspecified atom stereocenters. The topological polar surface area (TPSA) is 45.1 Å². The fourth-order valence-electron chi connectivity index (χ4n) is 1.20. The first-order valence-corrected chi connectivity index (χ1v) is 6.90. The van der Waals surface area contributed by atoms with Crippen LogP contribution in [0.5, 0.6) is 0 Å². The molecule has 0 aliphatic carbocycles. The van der Waals surface area contributed by atoms with E-state index < -0.39 is 0 Å². The van der Waals surface area contributed by atoms with E-state index in [0.717, 1.165) is 15.8 Å². The summed E-state index contributed by atoms with van der Waals surface area (Å²) in [5.41, 5.74) is 1.07. The van der Waals surface area contributed by atoms with Crippen LogP contribution in [0.15, 0.2) is 9.72 Å². The van der Waals surface area contributed by atoms with Crippen molar-refractivity contribution in [1.29, 1.82) is 0 Å². The van der Waals surface area contributed by atoms with Crippen molar-refractivity contribution in [3.05, 3.63) is 11.1 Å². The Morgan fingerprint density at radius 2 is 2.33 bits per heavy atom. The van der Waals surface area contributed by atoms with Gasteiger partial charge in [-0.3, -0.25) is 0 Å². The van der Waals surface area contributed by atoms with Crippen molar-refractivity contribution >= 4 is 23.1 Å². The number of nitrogens with zero attached hydrogens (tertiary/aromatic N) is 1. The molecule has 2 N–H and O–H groups in total. The second kappa shape index (κ2) is 6.48. The number of rotatable bonds is 6. The third-order valence-corrected chi connectivity index (χ3v) is 4.10. The lowest BCUT2D eigenvalue weighted by Crippen LogP contribution is -2.39. The first-order valence-electron chi connectivity index (χ1n) is 5.03. The van der Waals surface area contributed by atoms with Crippen LogP contribution in [0.2, 0.25) is 0 Å². The summed E-state index contributed by atoms with van der Waals surface area (Å²) >= 11 is 3.36. The molecule has 86 valence electrons.